The summed E-state index contributed by atoms with van der Waals surface area (Å²) in [5.41, 5.74) is 0. The third-order valence-corrected chi connectivity index (χ3v) is 4.12. The van der Waals surface area contributed by atoms with E-state index in [1.165, 1.54) is 6.33 Å². The average Bonchev–Trinajstić information content (AvgIpc) is 2.85. The lowest BCUT2D eigenvalue weighted by Gasteiger charge is -2.35. The van der Waals surface area contributed by atoms with Crippen LogP contribution >= 0.6 is 0 Å². The van der Waals surface area contributed by atoms with Gasteiger partial charge in [-0.05, 0) is 25.7 Å². The van der Waals surface area contributed by atoms with Gasteiger partial charge < -0.3 is 5.11 Å². The zero-order chi connectivity index (χ0) is 14.8. The lowest BCUT2D eigenvalue weighted by atomic mass is 9.75. The van der Waals surface area contributed by atoms with Crippen molar-refractivity contribution in [2.24, 2.45) is 11.8 Å². The molecule has 0 aromatic carbocycles. The Bertz CT molecular complexity index is 433. The molecule has 0 saturated heterocycles. The summed E-state index contributed by atoms with van der Waals surface area (Å²) in [6.07, 6.45) is -1.88. The number of alkyl halides is 3. The van der Waals surface area contributed by atoms with Crippen molar-refractivity contribution in [3.8, 4) is 0 Å². The zero-order valence-electron chi connectivity index (χ0n) is 11.5. The molecule has 1 aromatic heterocycles. The van der Waals surface area contributed by atoms with Crippen molar-refractivity contribution >= 4 is 0 Å². The van der Waals surface area contributed by atoms with E-state index in [0.29, 0.717) is 25.2 Å². The van der Waals surface area contributed by atoms with Crippen LogP contribution in [0, 0.1) is 11.8 Å². The molecule has 1 N–H and O–H groups in total. The molecule has 0 amide bonds. The number of aliphatic hydroxyl groups excluding tert-OH is 1. The summed E-state index contributed by atoms with van der Waals surface area (Å²) in [5, 5.41) is 14.2. The minimum absolute atomic E-state index is 0.117. The summed E-state index contributed by atoms with van der Waals surface area (Å²) < 4.78 is 40.7. The normalized spacial score (nSPS) is 25.6. The van der Waals surface area contributed by atoms with Crippen LogP contribution in [0.1, 0.15) is 38.4 Å². The van der Waals surface area contributed by atoms with Crippen LogP contribution in [-0.4, -0.2) is 32.2 Å². The van der Waals surface area contributed by atoms with Gasteiger partial charge in [-0.3, -0.25) is 4.68 Å². The van der Waals surface area contributed by atoms with Crippen LogP contribution < -0.4 is 0 Å². The number of hydrogen-bond donors (Lipinski definition) is 1. The topological polar surface area (TPSA) is 50.9 Å². The summed E-state index contributed by atoms with van der Waals surface area (Å²) >= 11 is 0. The van der Waals surface area contributed by atoms with E-state index >= 15 is 0 Å². The van der Waals surface area contributed by atoms with Gasteiger partial charge in [0.2, 0.25) is 0 Å². The minimum Gasteiger partial charge on any atom is -0.392 e. The summed E-state index contributed by atoms with van der Waals surface area (Å²) in [5.74, 6) is -1.58. The van der Waals surface area contributed by atoms with Gasteiger partial charge in [0.1, 0.15) is 12.2 Å². The lowest BCUT2D eigenvalue weighted by molar-refractivity contribution is -0.206. The highest BCUT2D eigenvalue weighted by Gasteiger charge is 2.47. The molecule has 1 aliphatic carbocycles. The van der Waals surface area contributed by atoms with Crippen molar-refractivity contribution in [3.05, 3.63) is 12.2 Å². The molecular formula is C13H20F3N3O. The monoisotopic (exact) mass is 291 g/mol. The van der Waals surface area contributed by atoms with Gasteiger partial charge >= 0.3 is 6.18 Å². The number of aryl methyl sites for hydroxylation is 1. The van der Waals surface area contributed by atoms with Crippen LogP contribution in [0.15, 0.2) is 6.33 Å². The summed E-state index contributed by atoms with van der Waals surface area (Å²) in [6.45, 7) is 2.47. The Balaban J connectivity index is 2.08. The Morgan fingerprint density at radius 3 is 2.75 bits per heavy atom. The zero-order valence-corrected chi connectivity index (χ0v) is 11.5. The van der Waals surface area contributed by atoms with E-state index in [0.717, 1.165) is 6.42 Å². The number of aliphatic hydroxyl groups is 1. The largest absolute Gasteiger partial charge is 0.392 e. The lowest BCUT2D eigenvalue weighted by Crippen LogP contribution is -2.40. The van der Waals surface area contributed by atoms with Crippen molar-refractivity contribution in [2.75, 3.05) is 0 Å². The molecular weight excluding hydrogens is 271 g/mol. The van der Waals surface area contributed by atoms with E-state index in [1.807, 2.05) is 6.92 Å². The standard InChI is InChI=1S/C13H20F3N3O/c1-2-19-12(17-8-18-19)7-11(20)9-5-3-4-6-10(9)13(14,15)16/h8-11,20H,2-7H2,1H3. The van der Waals surface area contributed by atoms with Gasteiger partial charge in [0.25, 0.3) is 0 Å². The molecule has 114 valence electrons. The van der Waals surface area contributed by atoms with E-state index in [2.05, 4.69) is 10.1 Å². The van der Waals surface area contributed by atoms with E-state index in [1.54, 1.807) is 4.68 Å². The third-order valence-electron chi connectivity index (χ3n) is 4.12. The third kappa shape index (κ3) is 3.31. The summed E-state index contributed by atoms with van der Waals surface area (Å²) in [6, 6.07) is 0. The molecule has 7 heteroatoms. The van der Waals surface area contributed by atoms with E-state index in [4.69, 9.17) is 0 Å². The molecule has 1 fully saturated rings. The number of aromatic nitrogens is 3. The van der Waals surface area contributed by atoms with E-state index < -0.39 is 24.1 Å². The first-order valence-electron chi connectivity index (χ1n) is 7.05. The summed E-state index contributed by atoms with van der Waals surface area (Å²) in [4.78, 5) is 4.02. The van der Waals surface area contributed by atoms with Crippen LogP contribution in [0.5, 0.6) is 0 Å². The van der Waals surface area contributed by atoms with E-state index in [9.17, 15) is 18.3 Å². The first-order valence-corrected chi connectivity index (χ1v) is 7.05. The maximum Gasteiger partial charge on any atom is 0.392 e. The number of hydrogen-bond acceptors (Lipinski definition) is 3. The highest BCUT2D eigenvalue weighted by Crippen LogP contribution is 2.43. The molecule has 1 saturated carbocycles. The van der Waals surface area contributed by atoms with Crippen LogP contribution in [0.3, 0.4) is 0 Å². The fourth-order valence-electron chi connectivity index (χ4n) is 3.08. The molecule has 0 aliphatic heterocycles. The maximum atomic E-state index is 13.0. The van der Waals surface area contributed by atoms with Gasteiger partial charge in [-0.25, -0.2) is 4.98 Å². The quantitative estimate of drug-likeness (QED) is 0.927. The minimum atomic E-state index is -4.23. The molecule has 0 spiro atoms. The molecule has 0 bridgehead atoms. The number of halogens is 3. The van der Waals surface area contributed by atoms with Gasteiger partial charge in [0.15, 0.2) is 0 Å². The second kappa shape index (κ2) is 6.11. The van der Waals surface area contributed by atoms with Gasteiger partial charge in [0.05, 0.1) is 12.0 Å². The molecule has 3 atom stereocenters. The second-order valence-corrected chi connectivity index (χ2v) is 5.36. The Hall–Kier alpha value is -1.11. The molecule has 3 unspecified atom stereocenters. The second-order valence-electron chi connectivity index (χ2n) is 5.36. The molecule has 20 heavy (non-hydrogen) atoms. The first kappa shape index (κ1) is 15.3. The average molecular weight is 291 g/mol. The van der Waals surface area contributed by atoms with Gasteiger partial charge in [-0.1, -0.05) is 12.8 Å². The smallest absolute Gasteiger partial charge is 0.392 e. The molecule has 1 aromatic rings. The highest BCUT2D eigenvalue weighted by atomic mass is 19.4. The van der Waals surface area contributed by atoms with Crippen LogP contribution in [-0.2, 0) is 13.0 Å². The predicted molar refractivity (Wildman–Crippen MR) is 66.9 cm³/mol. The van der Waals surface area contributed by atoms with Crippen molar-refractivity contribution in [1.82, 2.24) is 14.8 Å². The van der Waals surface area contributed by atoms with Crippen LogP contribution in [0.4, 0.5) is 13.2 Å². The molecule has 4 nitrogen and oxygen atoms in total. The molecule has 0 radical (unpaired) electrons. The molecule has 1 heterocycles. The Kier molecular flexibility index (Phi) is 4.67. The fraction of sp³-hybridized carbons (Fsp3) is 0.846. The van der Waals surface area contributed by atoms with Crippen LogP contribution in [0.25, 0.3) is 0 Å². The SMILES string of the molecule is CCn1ncnc1CC(O)C1CCCCC1C(F)(F)F. The Labute approximate surface area is 116 Å². The van der Waals surface area contributed by atoms with Crippen molar-refractivity contribution in [3.63, 3.8) is 0 Å². The Morgan fingerprint density at radius 1 is 1.40 bits per heavy atom. The van der Waals surface area contributed by atoms with Crippen molar-refractivity contribution in [2.45, 2.75) is 57.9 Å². The maximum absolute atomic E-state index is 13.0. The Morgan fingerprint density at radius 2 is 2.10 bits per heavy atom. The fourth-order valence-corrected chi connectivity index (χ4v) is 3.08. The molecule has 2 rings (SSSR count). The van der Waals surface area contributed by atoms with Gasteiger partial charge in [0, 0.05) is 13.0 Å². The number of nitrogens with zero attached hydrogens (tertiary/aromatic N) is 3. The van der Waals surface area contributed by atoms with Crippen molar-refractivity contribution in [1.29, 1.82) is 0 Å². The van der Waals surface area contributed by atoms with Gasteiger partial charge in [-0.2, -0.15) is 18.3 Å². The van der Waals surface area contributed by atoms with E-state index in [-0.39, 0.29) is 12.8 Å². The first-order chi connectivity index (χ1) is 9.43. The van der Waals surface area contributed by atoms with Gasteiger partial charge in [-0.15, -0.1) is 0 Å². The van der Waals surface area contributed by atoms with Crippen LogP contribution in [0.2, 0.25) is 0 Å². The van der Waals surface area contributed by atoms with Crippen molar-refractivity contribution < 1.29 is 18.3 Å². The summed E-state index contributed by atoms with van der Waals surface area (Å²) in [7, 11) is 0. The molecule has 1 aliphatic rings. The number of rotatable bonds is 4. The highest BCUT2D eigenvalue weighted by molar-refractivity contribution is 4.93. The predicted octanol–water partition coefficient (Wildman–Crippen LogP) is 2.57.